The van der Waals surface area contributed by atoms with Crippen LogP contribution in [0.1, 0.15) is 19.8 Å². The van der Waals surface area contributed by atoms with Crippen LogP contribution in [0.4, 0.5) is 0 Å². The SMILES string of the molecule is C1CNCCN1.C=C(CCC)C(=O)O. The zero-order valence-corrected chi connectivity index (χ0v) is 8.81. The molecule has 82 valence electrons. The third-order valence-corrected chi connectivity index (χ3v) is 1.81. The van der Waals surface area contributed by atoms with Crippen molar-refractivity contribution in [3.05, 3.63) is 12.2 Å². The number of aliphatic carboxylic acids is 1. The lowest BCUT2D eigenvalue weighted by atomic mass is 10.2. The molecule has 1 rings (SSSR count). The minimum atomic E-state index is -0.883. The van der Waals surface area contributed by atoms with E-state index >= 15 is 0 Å². The lowest BCUT2D eigenvalue weighted by Crippen LogP contribution is -2.39. The number of hydrogen-bond acceptors (Lipinski definition) is 3. The number of hydrogen-bond donors (Lipinski definition) is 3. The van der Waals surface area contributed by atoms with Gasteiger partial charge in [-0.1, -0.05) is 19.9 Å². The van der Waals surface area contributed by atoms with Crippen LogP contribution >= 0.6 is 0 Å². The van der Waals surface area contributed by atoms with E-state index in [1.165, 1.54) is 0 Å². The summed E-state index contributed by atoms with van der Waals surface area (Å²) in [6.07, 6.45) is 1.44. The van der Waals surface area contributed by atoms with Crippen molar-refractivity contribution in [1.29, 1.82) is 0 Å². The fraction of sp³-hybridized carbons (Fsp3) is 0.700. The first-order valence-electron chi connectivity index (χ1n) is 5.01. The number of carboxylic acids is 1. The molecule has 0 aliphatic carbocycles. The lowest BCUT2D eigenvalue weighted by Gasteiger charge is -2.11. The third-order valence-electron chi connectivity index (χ3n) is 1.81. The maximum absolute atomic E-state index is 9.99. The molecular formula is C10H20N2O2. The van der Waals surface area contributed by atoms with Crippen LogP contribution in [0, 0.1) is 0 Å². The van der Waals surface area contributed by atoms with E-state index in [0.717, 1.165) is 32.6 Å². The van der Waals surface area contributed by atoms with Crippen LogP contribution in [0.5, 0.6) is 0 Å². The molecule has 4 heteroatoms. The van der Waals surface area contributed by atoms with Gasteiger partial charge in [0.2, 0.25) is 0 Å². The number of piperazine rings is 1. The van der Waals surface area contributed by atoms with Gasteiger partial charge in [-0.15, -0.1) is 0 Å². The molecule has 3 N–H and O–H groups in total. The summed E-state index contributed by atoms with van der Waals surface area (Å²) < 4.78 is 0. The van der Waals surface area contributed by atoms with Gasteiger partial charge in [0, 0.05) is 31.8 Å². The van der Waals surface area contributed by atoms with Crippen molar-refractivity contribution in [1.82, 2.24) is 10.6 Å². The van der Waals surface area contributed by atoms with E-state index in [4.69, 9.17) is 5.11 Å². The van der Waals surface area contributed by atoms with Crippen LogP contribution in [0.2, 0.25) is 0 Å². The van der Waals surface area contributed by atoms with Crippen molar-refractivity contribution in [2.45, 2.75) is 19.8 Å². The average Bonchev–Trinajstić information content (AvgIpc) is 2.21. The minimum Gasteiger partial charge on any atom is -0.478 e. The summed E-state index contributed by atoms with van der Waals surface area (Å²) in [6.45, 7) is 9.82. The summed E-state index contributed by atoms with van der Waals surface area (Å²) in [5.74, 6) is -0.883. The van der Waals surface area contributed by atoms with Crippen LogP contribution in [0.15, 0.2) is 12.2 Å². The van der Waals surface area contributed by atoms with Crippen molar-refractivity contribution in [3.8, 4) is 0 Å². The zero-order valence-electron chi connectivity index (χ0n) is 8.81. The van der Waals surface area contributed by atoms with E-state index in [9.17, 15) is 4.79 Å². The van der Waals surface area contributed by atoms with Gasteiger partial charge in [0.05, 0.1) is 0 Å². The number of carboxylic acid groups (broad SMARTS) is 1. The summed E-state index contributed by atoms with van der Waals surface area (Å²) >= 11 is 0. The molecule has 1 heterocycles. The summed E-state index contributed by atoms with van der Waals surface area (Å²) in [7, 11) is 0. The van der Waals surface area contributed by atoms with Gasteiger partial charge in [0.1, 0.15) is 0 Å². The van der Waals surface area contributed by atoms with Crippen LogP contribution < -0.4 is 10.6 Å². The number of rotatable bonds is 3. The highest BCUT2D eigenvalue weighted by Gasteiger charge is 1.99. The zero-order chi connectivity index (χ0) is 10.8. The normalized spacial score (nSPS) is 15.2. The summed E-state index contributed by atoms with van der Waals surface area (Å²) in [4.78, 5) is 9.99. The van der Waals surface area contributed by atoms with Gasteiger partial charge in [-0.3, -0.25) is 0 Å². The maximum atomic E-state index is 9.99. The standard InChI is InChI=1S/C6H10O2.C4H10N2/c1-3-4-5(2)6(7)8;1-2-6-4-3-5-1/h2-4H2,1H3,(H,7,8);5-6H,1-4H2. The molecule has 0 aromatic heterocycles. The van der Waals surface area contributed by atoms with Gasteiger partial charge in [0.25, 0.3) is 0 Å². The van der Waals surface area contributed by atoms with Crippen molar-refractivity contribution >= 4 is 5.97 Å². The molecule has 0 saturated carbocycles. The number of carbonyl (C=O) groups is 1. The molecule has 0 radical (unpaired) electrons. The molecule has 0 bridgehead atoms. The van der Waals surface area contributed by atoms with Crippen LogP contribution in [0.3, 0.4) is 0 Å². The Bertz CT molecular complexity index is 165. The quantitative estimate of drug-likeness (QED) is 0.584. The van der Waals surface area contributed by atoms with Crippen molar-refractivity contribution in [3.63, 3.8) is 0 Å². The highest BCUT2D eigenvalue weighted by Crippen LogP contribution is 1.99. The second kappa shape index (κ2) is 8.72. The Balaban J connectivity index is 0.000000249. The van der Waals surface area contributed by atoms with Gasteiger partial charge >= 0.3 is 5.97 Å². The molecular weight excluding hydrogens is 180 g/mol. The third kappa shape index (κ3) is 7.76. The Morgan fingerprint density at radius 2 is 1.71 bits per heavy atom. The first-order chi connectivity index (χ1) is 6.68. The highest BCUT2D eigenvalue weighted by molar-refractivity contribution is 5.85. The molecule has 0 spiro atoms. The van der Waals surface area contributed by atoms with E-state index in [-0.39, 0.29) is 0 Å². The van der Waals surface area contributed by atoms with Gasteiger partial charge < -0.3 is 15.7 Å². The molecule has 1 fully saturated rings. The molecule has 1 aliphatic heterocycles. The summed E-state index contributed by atoms with van der Waals surface area (Å²) in [5, 5.41) is 14.7. The first kappa shape index (κ1) is 13.1. The maximum Gasteiger partial charge on any atom is 0.330 e. The largest absolute Gasteiger partial charge is 0.478 e. The number of nitrogens with one attached hydrogen (secondary N) is 2. The van der Waals surface area contributed by atoms with Gasteiger partial charge in [0.15, 0.2) is 0 Å². The predicted molar refractivity (Wildman–Crippen MR) is 57.4 cm³/mol. The molecule has 0 unspecified atom stereocenters. The Labute approximate surface area is 85.4 Å². The van der Waals surface area contributed by atoms with Crippen LogP contribution in [-0.4, -0.2) is 37.3 Å². The van der Waals surface area contributed by atoms with Crippen LogP contribution in [0.25, 0.3) is 0 Å². The highest BCUT2D eigenvalue weighted by atomic mass is 16.4. The van der Waals surface area contributed by atoms with E-state index in [1.807, 2.05) is 6.92 Å². The molecule has 0 aromatic rings. The van der Waals surface area contributed by atoms with E-state index in [1.54, 1.807) is 0 Å². The Kier molecular flexibility index (Phi) is 8.17. The molecule has 0 amide bonds. The summed E-state index contributed by atoms with van der Waals surface area (Å²) in [5.41, 5.74) is 0.299. The van der Waals surface area contributed by atoms with Gasteiger partial charge in [-0.25, -0.2) is 4.79 Å². The molecule has 1 aliphatic rings. The Hall–Kier alpha value is -0.870. The fourth-order valence-electron chi connectivity index (χ4n) is 1.01. The van der Waals surface area contributed by atoms with Crippen molar-refractivity contribution < 1.29 is 9.90 Å². The Morgan fingerprint density at radius 3 is 1.86 bits per heavy atom. The van der Waals surface area contributed by atoms with Gasteiger partial charge in [-0.2, -0.15) is 0 Å². The molecule has 14 heavy (non-hydrogen) atoms. The predicted octanol–water partition coefficient (Wildman–Crippen LogP) is 0.606. The second-order valence-electron chi connectivity index (χ2n) is 3.16. The smallest absolute Gasteiger partial charge is 0.330 e. The molecule has 0 atom stereocenters. The molecule has 4 nitrogen and oxygen atoms in total. The molecule has 1 saturated heterocycles. The monoisotopic (exact) mass is 200 g/mol. The van der Waals surface area contributed by atoms with E-state index < -0.39 is 5.97 Å². The Morgan fingerprint density at radius 1 is 1.29 bits per heavy atom. The summed E-state index contributed by atoms with van der Waals surface area (Å²) in [6, 6.07) is 0. The fourth-order valence-corrected chi connectivity index (χ4v) is 1.01. The average molecular weight is 200 g/mol. The van der Waals surface area contributed by atoms with Crippen LogP contribution in [-0.2, 0) is 4.79 Å². The van der Waals surface area contributed by atoms with Gasteiger partial charge in [-0.05, 0) is 6.42 Å². The van der Waals surface area contributed by atoms with E-state index in [0.29, 0.717) is 12.0 Å². The topological polar surface area (TPSA) is 61.4 Å². The van der Waals surface area contributed by atoms with E-state index in [2.05, 4.69) is 17.2 Å². The first-order valence-corrected chi connectivity index (χ1v) is 5.01. The lowest BCUT2D eigenvalue weighted by molar-refractivity contribution is -0.132. The van der Waals surface area contributed by atoms with Crippen molar-refractivity contribution in [2.75, 3.05) is 26.2 Å². The van der Waals surface area contributed by atoms with Crippen molar-refractivity contribution in [2.24, 2.45) is 0 Å². The second-order valence-corrected chi connectivity index (χ2v) is 3.16. The minimum absolute atomic E-state index is 0.299. The molecule has 0 aromatic carbocycles.